The molecule has 2 atom stereocenters. The Morgan fingerprint density at radius 3 is 2.46 bits per heavy atom. The molecule has 3 heterocycles. The number of carbonyl (C=O) groups is 1. The van der Waals surface area contributed by atoms with Crippen LogP contribution in [0, 0.1) is 11.7 Å². The van der Waals surface area contributed by atoms with E-state index >= 15 is 0 Å². The van der Waals surface area contributed by atoms with Gasteiger partial charge in [0.15, 0.2) is 0 Å². The van der Waals surface area contributed by atoms with Gasteiger partial charge >= 0.3 is 5.97 Å². The van der Waals surface area contributed by atoms with E-state index in [1.54, 1.807) is 12.1 Å². The lowest BCUT2D eigenvalue weighted by Gasteiger charge is -2.44. The first-order chi connectivity index (χ1) is 13.7. The van der Waals surface area contributed by atoms with Gasteiger partial charge in [0.2, 0.25) is 0 Å². The fourth-order valence-electron chi connectivity index (χ4n) is 4.26. The highest BCUT2D eigenvalue weighted by Crippen LogP contribution is 2.31. The number of carbonyl (C=O) groups excluding carboxylic acids is 1. The Morgan fingerprint density at radius 1 is 1.11 bits per heavy atom. The van der Waals surface area contributed by atoms with Gasteiger partial charge in [-0.05, 0) is 55.1 Å². The maximum Gasteiger partial charge on any atom is 0.315 e. The molecule has 2 aromatic rings. The third-order valence-electron chi connectivity index (χ3n) is 5.94. The highest BCUT2D eigenvalue weighted by atomic mass is 19.1. The molecule has 148 valence electrons. The number of hydrogen-bond donors (Lipinski definition) is 1. The van der Waals surface area contributed by atoms with Crippen LogP contribution in [0.2, 0.25) is 0 Å². The average molecular weight is 382 g/mol. The van der Waals surface area contributed by atoms with Gasteiger partial charge in [0, 0.05) is 19.6 Å². The van der Waals surface area contributed by atoms with Crippen LogP contribution in [0.25, 0.3) is 0 Å². The van der Waals surface area contributed by atoms with Crippen LogP contribution >= 0.6 is 0 Å². The van der Waals surface area contributed by atoms with Crippen LogP contribution in [0.5, 0.6) is 0 Å². The average Bonchev–Trinajstić information content (AvgIpc) is 2.74. The monoisotopic (exact) mass is 382 g/mol. The van der Waals surface area contributed by atoms with Gasteiger partial charge in [-0.3, -0.25) is 9.69 Å². The number of nitrogens with one attached hydrogen (secondary N) is 1. The van der Waals surface area contributed by atoms with Gasteiger partial charge in [-0.15, -0.1) is 0 Å². The summed E-state index contributed by atoms with van der Waals surface area (Å²) in [6, 6.07) is 16.2. The molecule has 4 nitrogen and oxygen atoms in total. The van der Waals surface area contributed by atoms with Crippen molar-refractivity contribution in [1.82, 2.24) is 10.2 Å². The molecule has 5 heteroatoms. The van der Waals surface area contributed by atoms with Crippen molar-refractivity contribution < 1.29 is 13.9 Å². The van der Waals surface area contributed by atoms with Crippen molar-refractivity contribution in [3.8, 4) is 0 Å². The molecule has 5 rings (SSSR count). The lowest BCUT2D eigenvalue weighted by atomic mass is 9.85. The van der Waals surface area contributed by atoms with Crippen molar-refractivity contribution in [3.63, 3.8) is 0 Å². The van der Waals surface area contributed by atoms with Crippen molar-refractivity contribution in [2.24, 2.45) is 5.92 Å². The highest BCUT2D eigenvalue weighted by Gasteiger charge is 2.37. The first-order valence-corrected chi connectivity index (χ1v) is 10.1. The summed E-state index contributed by atoms with van der Waals surface area (Å²) < 4.78 is 19.1. The van der Waals surface area contributed by atoms with Gasteiger partial charge in [-0.2, -0.15) is 0 Å². The third-order valence-corrected chi connectivity index (χ3v) is 5.94. The Hall–Kier alpha value is -2.24. The Balaban J connectivity index is 1.40. The van der Waals surface area contributed by atoms with Crippen molar-refractivity contribution in [1.29, 1.82) is 0 Å². The minimum absolute atomic E-state index is 0.0123. The standard InChI is InChI=1S/C23H27FN2O2/c24-20-8-6-17(7-9-20)14-25-15-21(18-4-2-1-3-5-18)23(27)28-22-16-26-12-10-19(22)11-13-26/h1-9,19,21-22,25H,10-16H2/t21?,22-/m0/s1. The topological polar surface area (TPSA) is 41.6 Å². The summed E-state index contributed by atoms with van der Waals surface area (Å²) in [5.74, 6) is -0.252. The molecule has 0 radical (unpaired) electrons. The van der Waals surface area contributed by atoms with E-state index in [2.05, 4.69) is 10.2 Å². The summed E-state index contributed by atoms with van der Waals surface area (Å²) in [6.07, 6.45) is 2.26. The molecule has 3 saturated heterocycles. The molecular formula is C23H27FN2O2. The lowest BCUT2D eigenvalue weighted by Crippen LogP contribution is -2.52. The minimum atomic E-state index is -0.350. The number of piperidine rings is 3. The number of esters is 1. The van der Waals surface area contributed by atoms with Crippen molar-refractivity contribution >= 4 is 5.97 Å². The molecule has 1 unspecified atom stereocenters. The first kappa shape index (κ1) is 19.1. The van der Waals surface area contributed by atoms with Crippen LogP contribution in [0.1, 0.15) is 29.9 Å². The van der Waals surface area contributed by atoms with Gasteiger partial charge in [-0.25, -0.2) is 4.39 Å². The Kier molecular flexibility index (Phi) is 6.03. The first-order valence-electron chi connectivity index (χ1n) is 10.1. The van der Waals surface area contributed by atoms with E-state index in [1.165, 1.54) is 12.1 Å². The molecule has 3 aliphatic rings. The smallest absolute Gasteiger partial charge is 0.315 e. The number of ether oxygens (including phenoxy) is 1. The molecular weight excluding hydrogens is 355 g/mol. The van der Waals surface area contributed by atoms with Crippen LogP contribution in [-0.4, -0.2) is 43.2 Å². The van der Waals surface area contributed by atoms with Crippen LogP contribution < -0.4 is 5.32 Å². The van der Waals surface area contributed by atoms with Crippen molar-refractivity contribution in [2.75, 3.05) is 26.2 Å². The van der Waals surface area contributed by atoms with Crippen molar-refractivity contribution in [3.05, 3.63) is 71.5 Å². The summed E-state index contributed by atoms with van der Waals surface area (Å²) in [5, 5.41) is 3.34. The van der Waals surface area contributed by atoms with Gasteiger partial charge in [-0.1, -0.05) is 42.5 Å². The number of rotatable bonds is 7. The fraction of sp³-hybridized carbons (Fsp3) is 0.435. The zero-order valence-electron chi connectivity index (χ0n) is 16.0. The highest BCUT2D eigenvalue weighted by molar-refractivity contribution is 5.78. The van der Waals surface area contributed by atoms with E-state index in [-0.39, 0.29) is 23.8 Å². The number of benzene rings is 2. The van der Waals surface area contributed by atoms with E-state index in [1.807, 2.05) is 30.3 Å². The summed E-state index contributed by atoms with van der Waals surface area (Å²) >= 11 is 0. The molecule has 3 aliphatic heterocycles. The Bertz CT molecular complexity index is 773. The summed E-state index contributed by atoms with van der Waals surface area (Å²) in [4.78, 5) is 15.4. The predicted octanol–water partition coefficient (Wildman–Crippen LogP) is 3.34. The molecule has 0 spiro atoms. The molecule has 2 bridgehead atoms. The van der Waals surface area contributed by atoms with E-state index in [4.69, 9.17) is 4.74 Å². The predicted molar refractivity (Wildman–Crippen MR) is 106 cm³/mol. The zero-order valence-corrected chi connectivity index (χ0v) is 16.0. The summed E-state index contributed by atoms with van der Waals surface area (Å²) in [7, 11) is 0. The third kappa shape index (κ3) is 4.59. The number of nitrogens with zero attached hydrogens (tertiary/aromatic N) is 1. The second-order valence-electron chi connectivity index (χ2n) is 7.83. The van der Waals surface area contributed by atoms with E-state index in [9.17, 15) is 9.18 Å². The summed E-state index contributed by atoms with van der Waals surface area (Å²) in [6.45, 7) is 4.18. The second kappa shape index (κ2) is 8.84. The van der Waals surface area contributed by atoms with Crippen LogP contribution in [0.3, 0.4) is 0 Å². The molecule has 2 aromatic carbocycles. The molecule has 0 amide bonds. The SMILES string of the molecule is O=C(O[C@H]1CN2CCC1CC2)C(CNCc1ccc(F)cc1)c1ccccc1. The molecule has 0 aromatic heterocycles. The number of hydrogen-bond acceptors (Lipinski definition) is 4. The molecule has 28 heavy (non-hydrogen) atoms. The van der Waals surface area contributed by atoms with Gasteiger partial charge < -0.3 is 10.1 Å². The van der Waals surface area contributed by atoms with E-state index < -0.39 is 0 Å². The Morgan fingerprint density at radius 2 is 1.82 bits per heavy atom. The molecule has 0 aliphatic carbocycles. The number of fused-ring (bicyclic) bond motifs is 3. The molecule has 1 N–H and O–H groups in total. The van der Waals surface area contributed by atoms with Crippen LogP contribution in [0.4, 0.5) is 4.39 Å². The van der Waals surface area contributed by atoms with Gasteiger partial charge in [0.05, 0.1) is 5.92 Å². The molecule has 3 fully saturated rings. The number of halogens is 1. The zero-order chi connectivity index (χ0) is 19.3. The maximum atomic E-state index is 13.1. The minimum Gasteiger partial charge on any atom is -0.460 e. The quantitative estimate of drug-likeness (QED) is 0.746. The molecule has 0 saturated carbocycles. The Labute approximate surface area is 165 Å². The second-order valence-corrected chi connectivity index (χ2v) is 7.83. The van der Waals surface area contributed by atoms with E-state index in [0.717, 1.165) is 43.6 Å². The maximum absolute atomic E-state index is 13.1. The largest absolute Gasteiger partial charge is 0.460 e. The van der Waals surface area contributed by atoms with Crippen LogP contribution in [0.15, 0.2) is 54.6 Å². The van der Waals surface area contributed by atoms with Crippen molar-refractivity contribution in [2.45, 2.75) is 31.4 Å². The fourth-order valence-corrected chi connectivity index (χ4v) is 4.26. The summed E-state index contributed by atoms with van der Waals surface area (Å²) in [5.41, 5.74) is 1.94. The van der Waals surface area contributed by atoms with Crippen LogP contribution in [-0.2, 0) is 16.1 Å². The van der Waals surface area contributed by atoms with Gasteiger partial charge in [0.1, 0.15) is 11.9 Å². The normalized spacial score (nSPS) is 24.7. The van der Waals surface area contributed by atoms with E-state index in [0.29, 0.717) is 19.0 Å². The lowest BCUT2D eigenvalue weighted by molar-refractivity contribution is -0.160. The van der Waals surface area contributed by atoms with Gasteiger partial charge in [0.25, 0.3) is 0 Å².